The normalized spacial score (nSPS) is 20.3. The molecule has 3 nitrogen and oxygen atoms in total. The molecule has 0 saturated heterocycles. The van der Waals surface area contributed by atoms with Crippen molar-refractivity contribution in [2.45, 2.75) is 31.7 Å². The highest BCUT2D eigenvalue weighted by atomic mass is 19.1. The van der Waals surface area contributed by atoms with E-state index in [-0.39, 0.29) is 11.7 Å². The van der Waals surface area contributed by atoms with E-state index in [0.29, 0.717) is 18.3 Å². The van der Waals surface area contributed by atoms with E-state index >= 15 is 0 Å². The lowest BCUT2D eigenvalue weighted by Crippen LogP contribution is -2.43. The Morgan fingerprint density at radius 1 is 1.29 bits per heavy atom. The van der Waals surface area contributed by atoms with Gasteiger partial charge in [0.2, 0.25) is 5.91 Å². The summed E-state index contributed by atoms with van der Waals surface area (Å²) < 4.78 is 13.2. The predicted octanol–water partition coefficient (Wildman–Crippen LogP) is 2.53. The number of carbonyl (C=O) groups is 1. The van der Waals surface area contributed by atoms with E-state index in [1.165, 1.54) is 25.0 Å². The molecule has 17 heavy (non-hydrogen) atoms. The highest BCUT2D eigenvalue weighted by molar-refractivity contribution is 6.01. The second-order valence-electron chi connectivity index (χ2n) is 4.78. The van der Waals surface area contributed by atoms with Crippen LogP contribution in [-0.4, -0.2) is 18.5 Å². The molecule has 3 rings (SSSR count). The highest BCUT2D eigenvalue weighted by Crippen LogP contribution is 2.35. The van der Waals surface area contributed by atoms with Crippen LogP contribution in [0.5, 0.6) is 0 Å². The SMILES string of the molecule is O=C1CN(C2CCCC2)c2ccc(F)cc2N1. The molecule has 1 aliphatic carbocycles. The van der Waals surface area contributed by atoms with E-state index in [9.17, 15) is 9.18 Å². The average Bonchev–Trinajstić information content (AvgIpc) is 2.80. The van der Waals surface area contributed by atoms with Crippen LogP contribution in [0.1, 0.15) is 25.7 Å². The number of rotatable bonds is 1. The highest BCUT2D eigenvalue weighted by Gasteiger charge is 2.29. The Kier molecular flexibility index (Phi) is 2.50. The van der Waals surface area contributed by atoms with Crippen LogP contribution >= 0.6 is 0 Å². The van der Waals surface area contributed by atoms with Gasteiger partial charge in [-0.05, 0) is 31.0 Å². The Bertz CT molecular complexity index is 455. The van der Waals surface area contributed by atoms with Gasteiger partial charge >= 0.3 is 0 Å². The maximum Gasteiger partial charge on any atom is 0.243 e. The molecule has 1 heterocycles. The molecule has 1 fully saturated rings. The number of nitrogens with zero attached hydrogens (tertiary/aromatic N) is 1. The van der Waals surface area contributed by atoms with Crippen molar-refractivity contribution in [1.82, 2.24) is 0 Å². The molecule has 1 N–H and O–H groups in total. The maximum atomic E-state index is 13.2. The minimum Gasteiger partial charge on any atom is -0.358 e. The molecule has 0 unspecified atom stereocenters. The van der Waals surface area contributed by atoms with Crippen molar-refractivity contribution >= 4 is 17.3 Å². The first-order valence-corrected chi connectivity index (χ1v) is 6.10. The third kappa shape index (κ3) is 1.88. The molecule has 2 aliphatic rings. The summed E-state index contributed by atoms with van der Waals surface area (Å²) in [5.41, 5.74) is 1.56. The number of benzene rings is 1. The predicted molar refractivity (Wildman–Crippen MR) is 64.6 cm³/mol. The van der Waals surface area contributed by atoms with Crippen molar-refractivity contribution in [3.05, 3.63) is 24.0 Å². The average molecular weight is 234 g/mol. The van der Waals surface area contributed by atoms with Gasteiger partial charge < -0.3 is 10.2 Å². The van der Waals surface area contributed by atoms with E-state index in [2.05, 4.69) is 10.2 Å². The number of hydrogen-bond donors (Lipinski definition) is 1. The Morgan fingerprint density at radius 3 is 2.82 bits per heavy atom. The molecule has 1 aromatic rings. The van der Waals surface area contributed by atoms with Gasteiger partial charge in [0, 0.05) is 6.04 Å². The topological polar surface area (TPSA) is 32.3 Å². The van der Waals surface area contributed by atoms with Crippen LogP contribution < -0.4 is 10.2 Å². The molecule has 0 spiro atoms. The Hall–Kier alpha value is -1.58. The standard InChI is InChI=1S/C13H15FN2O/c14-9-5-6-12-11(7-9)15-13(17)8-16(12)10-3-1-2-4-10/h5-7,10H,1-4,8H2,(H,15,17). The number of nitrogens with one attached hydrogen (secondary N) is 1. The van der Waals surface area contributed by atoms with Gasteiger partial charge in [-0.1, -0.05) is 12.8 Å². The monoisotopic (exact) mass is 234 g/mol. The first-order chi connectivity index (χ1) is 8.24. The Morgan fingerprint density at radius 2 is 2.06 bits per heavy atom. The largest absolute Gasteiger partial charge is 0.358 e. The van der Waals surface area contributed by atoms with E-state index in [4.69, 9.17) is 0 Å². The molecule has 1 aromatic carbocycles. The Balaban J connectivity index is 1.98. The second-order valence-corrected chi connectivity index (χ2v) is 4.78. The number of fused-ring (bicyclic) bond motifs is 1. The molecule has 1 aliphatic heterocycles. The molecule has 1 amide bonds. The summed E-state index contributed by atoms with van der Waals surface area (Å²) in [5, 5.41) is 2.73. The first-order valence-electron chi connectivity index (χ1n) is 6.10. The van der Waals surface area contributed by atoms with Crippen molar-refractivity contribution < 1.29 is 9.18 Å². The van der Waals surface area contributed by atoms with Crippen LogP contribution in [0.15, 0.2) is 18.2 Å². The van der Waals surface area contributed by atoms with Gasteiger partial charge in [0.15, 0.2) is 0 Å². The summed E-state index contributed by atoms with van der Waals surface area (Å²) in [6.07, 6.45) is 4.70. The van der Waals surface area contributed by atoms with E-state index < -0.39 is 0 Å². The van der Waals surface area contributed by atoms with E-state index in [0.717, 1.165) is 18.5 Å². The zero-order chi connectivity index (χ0) is 11.8. The third-order valence-corrected chi connectivity index (χ3v) is 3.62. The minimum atomic E-state index is -0.308. The van der Waals surface area contributed by atoms with Gasteiger partial charge in [-0.25, -0.2) is 4.39 Å². The van der Waals surface area contributed by atoms with Crippen LogP contribution in [0.4, 0.5) is 15.8 Å². The number of anilines is 2. The number of halogens is 1. The molecule has 0 radical (unpaired) electrons. The van der Waals surface area contributed by atoms with E-state index in [1.54, 1.807) is 6.07 Å². The van der Waals surface area contributed by atoms with Gasteiger partial charge in [0.05, 0.1) is 17.9 Å². The maximum absolute atomic E-state index is 13.2. The fourth-order valence-corrected chi connectivity index (χ4v) is 2.83. The van der Waals surface area contributed by atoms with Crippen LogP contribution in [0.3, 0.4) is 0 Å². The fourth-order valence-electron chi connectivity index (χ4n) is 2.83. The second kappa shape index (κ2) is 4.02. The number of hydrogen-bond acceptors (Lipinski definition) is 2. The van der Waals surface area contributed by atoms with Crippen molar-refractivity contribution in [2.24, 2.45) is 0 Å². The summed E-state index contributed by atoms with van der Waals surface area (Å²) in [6, 6.07) is 5.06. The summed E-state index contributed by atoms with van der Waals surface area (Å²) in [5.74, 6) is -0.354. The number of amides is 1. The van der Waals surface area contributed by atoms with Crippen molar-refractivity contribution in [3.63, 3.8) is 0 Å². The van der Waals surface area contributed by atoms with Gasteiger partial charge in [-0.15, -0.1) is 0 Å². The minimum absolute atomic E-state index is 0.0463. The lowest BCUT2D eigenvalue weighted by atomic mass is 10.1. The fraction of sp³-hybridized carbons (Fsp3) is 0.462. The zero-order valence-corrected chi connectivity index (χ0v) is 9.58. The molecular weight excluding hydrogens is 219 g/mol. The van der Waals surface area contributed by atoms with Gasteiger partial charge in [-0.3, -0.25) is 4.79 Å². The lowest BCUT2D eigenvalue weighted by molar-refractivity contribution is -0.115. The summed E-state index contributed by atoms with van der Waals surface area (Å²) in [6.45, 7) is 0.392. The smallest absolute Gasteiger partial charge is 0.243 e. The molecule has 0 aromatic heterocycles. The van der Waals surface area contributed by atoms with E-state index in [1.807, 2.05) is 0 Å². The first kappa shape index (κ1) is 10.6. The van der Waals surface area contributed by atoms with Gasteiger partial charge in [0.1, 0.15) is 5.82 Å². The molecule has 90 valence electrons. The third-order valence-electron chi connectivity index (χ3n) is 3.62. The number of carbonyl (C=O) groups excluding carboxylic acids is 1. The van der Waals surface area contributed by atoms with Crippen LogP contribution in [-0.2, 0) is 4.79 Å². The summed E-state index contributed by atoms with van der Waals surface area (Å²) in [7, 11) is 0. The quantitative estimate of drug-likeness (QED) is 0.809. The lowest BCUT2D eigenvalue weighted by Gasteiger charge is -2.35. The van der Waals surface area contributed by atoms with Crippen LogP contribution in [0.25, 0.3) is 0 Å². The molecule has 0 atom stereocenters. The summed E-state index contributed by atoms with van der Waals surface area (Å²) in [4.78, 5) is 13.8. The molecule has 0 bridgehead atoms. The van der Waals surface area contributed by atoms with Crippen LogP contribution in [0, 0.1) is 5.82 Å². The molecule has 4 heteroatoms. The zero-order valence-electron chi connectivity index (χ0n) is 9.58. The van der Waals surface area contributed by atoms with Crippen molar-refractivity contribution in [3.8, 4) is 0 Å². The van der Waals surface area contributed by atoms with Crippen LogP contribution in [0.2, 0.25) is 0 Å². The Labute approximate surface area is 99.6 Å². The van der Waals surface area contributed by atoms with Crippen molar-refractivity contribution in [1.29, 1.82) is 0 Å². The summed E-state index contributed by atoms with van der Waals surface area (Å²) >= 11 is 0. The van der Waals surface area contributed by atoms with Gasteiger partial charge in [0.25, 0.3) is 0 Å². The van der Waals surface area contributed by atoms with Gasteiger partial charge in [-0.2, -0.15) is 0 Å². The molecular formula is C13H15FN2O. The molecule has 1 saturated carbocycles. The van der Waals surface area contributed by atoms with Crippen molar-refractivity contribution in [2.75, 3.05) is 16.8 Å².